The largest absolute Gasteiger partial charge is 0.507 e. The van der Waals surface area contributed by atoms with Crippen LogP contribution in [0.2, 0.25) is 0 Å². The second-order valence-electron chi connectivity index (χ2n) is 7.30. The number of carbonyl (C=O) groups is 2. The molecule has 4 rings (SSSR count). The Balaban J connectivity index is 1.49. The molecule has 0 atom stereocenters. The number of rotatable bonds is 9. The third-order valence-electron chi connectivity index (χ3n) is 4.99. The van der Waals surface area contributed by atoms with Gasteiger partial charge in [0.15, 0.2) is 16.8 Å². The monoisotopic (exact) mass is 470 g/mol. The molecule has 0 unspecified atom stereocenters. The van der Waals surface area contributed by atoms with E-state index in [1.807, 2.05) is 6.07 Å². The number of nitrogens with one attached hydrogen (secondary N) is 1. The quantitative estimate of drug-likeness (QED) is 0.207. The molecule has 0 saturated carbocycles. The number of nitrogens with zero attached hydrogens (tertiary/aromatic N) is 3. The number of phenols is 1. The van der Waals surface area contributed by atoms with Crippen LogP contribution in [0.5, 0.6) is 5.75 Å². The van der Waals surface area contributed by atoms with Crippen LogP contribution in [0.4, 0.5) is 5.69 Å². The fourth-order valence-corrected chi connectivity index (χ4v) is 4.15. The maximum absolute atomic E-state index is 12.9. The van der Waals surface area contributed by atoms with E-state index in [4.69, 9.17) is 0 Å². The van der Waals surface area contributed by atoms with E-state index in [1.165, 1.54) is 11.8 Å². The van der Waals surface area contributed by atoms with Gasteiger partial charge in [0.05, 0.1) is 17.0 Å². The molecule has 0 aliphatic carbocycles. The molecule has 0 spiro atoms. The van der Waals surface area contributed by atoms with Gasteiger partial charge in [0, 0.05) is 17.7 Å². The van der Waals surface area contributed by atoms with Gasteiger partial charge in [0.2, 0.25) is 5.91 Å². The molecule has 3 aromatic carbocycles. The third kappa shape index (κ3) is 5.07. The molecule has 2 N–H and O–H groups in total. The smallest absolute Gasteiger partial charge is 0.234 e. The summed E-state index contributed by atoms with van der Waals surface area (Å²) in [5, 5.41) is 22.0. The molecular formula is C26H22N4O3S. The van der Waals surface area contributed by atoms with E-state index < -0.39 is 0 Å². The van der Waals surface area contributed by atoms with Crippen molar-refractivity contribution < 1.29 is 14.7 Å². The fourth-order valence-electron chi connectivity index (χ4n) is 3.40. The lowest BCUT2D eigenvalue weighted by Crippen LogP contribution is -2.17. The van der Waals surface area contributed by atoms with Crippen LogP contribution in [0, 0.1) is 0 Å². The van der Waals surface area contributed by atoms with Crippen LogP contribution in [0.3, 0.4) is 0 Å². The highest BCUT2D eigenvalue weighted by Gasteiger charge is 2.18. The van der Waals surface area contributed by atoms with Gasteiger partial charge < -0.3 is 10.4 Å². The van der Waals surface area contributed by atoms with E-state index in [-0.39, 0.29) is 23.2 Å². The lowest BCUT2D eigenvalue weighted by molar-refractivity contribution is -0.113. The highest BCUT2D eigenvalue weighted by Crippen LogP contribution is 2.30. The predicted octanol–water partition coefficient (Wildman–Crippen LogP) is 4.80. The average Bonchev–Trinajstić information content (AvgIpc) is 3.26. The molecule has 34 heavy (non-hydrogen) atoms. The second-order valence-corrected chi connectivity index (χ2v) is 8.24. The average molecular weight is 471 g/mol. The molecule has 0 aliphatic heterocycles. The van der Waals surface area contributed by atoms with E-state index in [0.717, 1.165) is 0 Å². The first-order chi connectivity index (χ1) is 16.6. The lowest BCUT2D eigenvalue weighted by atomic mass is 10.0. The van der Waals surface area contributed by atoms with Crippen LogP contribution in [0.1, 0.15) is 15.9 Å². The van der Waals surface area contributed by atoms with Crippen molar-refractivity contribution in [3.8, 4) is 17.1 Å². The van der Waals surface area contributed by atoms with Gasteiger partial charge in [0.1, 0.15) is 5.75 Å². The molecule has 0 radical (unpaired) electrons. The number of para-hydroxylation sites is 2. The summed E-state index contributed by atoms with van der Waals surface area (Å²) >= 11 is 1.21. The van der Waals surface area contributed by atoms with Crippen molar-refractivity contribution in [1.82, 2.24) is 14.8 Å². The number of hydrogen-bond donors (Lipinski definition) is 2. The number of ketones is 1. The Hall–Kier alpha value is -4.17. The summed E-state index contributed by atoms with van der Waals surface area (Å²) in [6.45, 7) is 4.19. The number of benzene rings is 3. The first-order valence-corrected chi connectivity index (χ1v) is 11.5. The SMILES string of the molecule is C=CCn1c(SCC(=O)Nc2ccccc2C(=O)c2ccccc2)nnc1-c1ccccc1O. The number of phenolic OH excluding ortho intramolecular Hbond substituents is 1. The molecule has 1 heterocycles. The van der Waals surface area contributed by atoms with Gasteiger partial charge in [0.25, 0.3) is 0 Å². The molecule has 1 amide bonds. The maximum atomic E-state index is 12.9. The minimum atomic E-state index is -0.282. The molecule has 0 fully saturated rings. The van der Waals surface area contributed by atoms with E-state index >= 15 is 0 Å². The minimum absolute atomic E-state index is 0.0594. The Kier molecular flexibility index (Phi) is 7.19. The van der Waals surface area contributed by atoms with Gasteiger partial charge in [-0.1, -0.05) is 72.4 Å². The zero-order chi connectivity index (χ0) is 23.9. The summed E-state index contributed by atoms with van der Waals surface area (Å²) < 4.78 is 1.78. The van der Waals surface area contributed by atoms with Gasteiger partial charge in [-0.2, -0.15) is 0 Å². The topological polar surface area (TPSA) is 97.1 Å². The normalized spacial score (nSPS) is 10.6. The summed E-state index contributed by atoms with van der Waals surface area (Å²) in [6.07, 6.45) is 1.70. The summed E-state index contributed by atoms with van der Waals surface area (Å²) in [4.78, 5) is 25.6. The van der Waals surface area contributed by atoms with Gasteiger partial charge in [-0.15, -0.1) is 16.8 Å². The molecule has 0 saturated heterocycles. The third-order valence-corrected chi connectivity index (χ3v) is 5.95. The molecular weight excluding hydrogens is 448 g/mol. The van der Waals surface area contributed by atoms with E-state index in [9.17, 15) is 14.7 Å². The number of carbonyl (C=O) groups excluding carboxylic acids is 2. The molecule has 170 valence electrons. The summed E-state index contributed by atoms with van der Waals surface area (Å²) in [7, 11) is 0. The van der Waals surface area contributed by atoms with Gasteiger partial charge in [-0.25, -0.2) is 0 Å². The van der Waals surface area contributed by atoms with Crippen LogP contribution in [-0.2, 0) is 11.3 Å². The number of anilines is 1. The van der Waals surface area contributed by atoms with Crippen LogP contribution >= 0.6 is 11.8 Å². The Morgan fingerprint density at radius 1 is 0.971 bits per heavy atom. The molecule has 4 aromatic rings. The molecule has 1 aromatic heterocycles. The number of aromatic nitrogens is 3. The number of amides is 1. The van der Waals surface area contributed by atoms with Gasteiger partial charge >= 0.3 is 0 Å². The minimum Gasteiger partial charge on any atom is -0.507 e. The molecule has 0 bridgehead atoms. The summed E-state index contributed by atoms with van der Waals surface area (Å²) in [5.74, 6) is 0.191. The van der Waals surface area contributed by atoms with Crippen molar-refractivity contribution in [2.45, 2.75) is 11.7 Å². The van der Waals surface area contributed by atoms with Crippen LogP contribution in [0.15, 0.2) is 96.7 Å². The van der Waals surface area contributed by atoms with E-state index in [2.05, 4.69) is 22.1 Å². The van der Waals surface area contributed by atoms with Gasteiger partial charge in [-0.05, 0) is 24.3 Å². The van der Waals surface area contributed by atoms with E-state index in [1.54, 1.807) is 83.4 Å². The number of hydrogen-bond acceptors (Lipinski definition) is 6. The molecule has 7 nitrogen and oxygen atoms in total. The second kappa shape index (κ2) is 10.6. The number of thioether (sulfide) groups is 1. The standard InChI is InChI=1S/C26H22N4O3S/c1-2-16-30-25(20-13-7-9-15-22(20)31)28-29-26(30)34-17-23(32)27-21-14-8-6-12-19(21)24(33)18-10-4-3-5-11-18/h2-15,31H,1,16-17H2,(H,27,32). The number of allylic oxidation sites excluding steroid dienone is 1. The van der Waals surface area contributed by atoms with E-state index in [0.29, 0.717) is 39.9 Å². The predicted molar refractivity (Wildman–Crippen MR) is 133 cm³/mol. The molecule has 0 aliphatic rings. The summed E-state index contributed by atoms with van der Waals surface area (Å²) in [6, 6.07) is 22.7. The highest BCUT2D eigenvalue weighted by atomic mass is 32.2. The highest BCUT2D eigenvalue weighted by molar-refractivity contribution is 7.99. The zero-order valence-electron chi connectivity index (χ0n) is 18.2. The molecule has 8 heteroatoms. The van der Waals surface area contributed by atoms with Crippen molar-refractivity contribution >= 4 is 29.1 Å². The van der Waals surface area contributed by atoms with Crippen LogP contribution in [-0.4, -0.2) is 37.3 Å². The Morgan fingerprint density at radius 2 is 1.68 bits per heavy atom. The Morgan fingerprint density at radius 3 is 2.44 bits per heavy atom. The van der Waals surface area contributed by atoms with Crippen molar-refractivity contribution in [2.24, 2.45) is 0 Å². The first-order valence-electron chi connectivity index (χ1n) is 10.5. The first kappa shape index (κ1) is 23.0. The van der Waals surface area contributed by atoms with Crippen molar-refractivity contribution in [1.29, 1.82) is 0 Å². The Bertz CT molecular complexity index is 1330. The van der Waals surface area contributed by atoms with Gasteiger partial charge in [-0.3, -0.25) is 14.2 Å². The maximum Gasteiger partial charge on any atom is 0.234 e. The Labute approximate surface area is 201 Å². The van der Waals surface area contributed by atoms with Crippen LogP contribution < -0.4 is 5.32 Å². The fraction of sp³-hybridized carbons (Fsp3) is 0.0769. The zero-order valence-corrected chi connectivity index (χ0v) is 19.0. The number of aromatic hydroxyl groups is 1. The van der Waals surface area contributed by atoms with Crippen molar-refractivity contribution in [3.05, 3.63) is 103 Å². The van der Waals surface area contributed by atoms with Crippen LogP contribution in [0.25, 0.3) is 11.4 Å². The van der Waals surface area contributed by atoms with Crippen molar-refractivity contribution in [3.63, 3.8) is 0 Å². The lowest BCUT2D eigenvalue weighted by Gasteiger charge is -2.11. The van der Waals surface area contributed by atoms with Crippen molar-refractivity contribution in [2.75, 3.05) is 11.1 Å². The summed E-state index contributed by atoms with van der Waals surface area (Å²) in [5.41, 5.74) is 1.96.